The Hall–Kier alpha value is -2.23. The molecule has 1 aliphatic heterocycles. The monoisotopic (exact) mass is 448 g/mol. The number of ether oxygens (including phenoxy) is 1. The molecule has 1 saturated heterocycles. The van der Waals surface area contributed by atoms with Gasteiger partial charge in [-0.25, -0.2) is 17.9 Å². The highest BCUT2D eigenvalue weighted by Gasteiger charge is 2.25. The Kier molecular flexibility index (Phi) is 6.21. The van der Waals surface area contributed by atoms with Gasteiger partial charge in [0.05, 0.1) is 18.1 Å². The first kappa shape index (κ1) is 21.0. The minimum atomic E-state index is -3.77. The summed E-state index contributed by atoms with van der Waals surface area (Å²) in [7, 11) is -3.77. The lowest BCUT2D eigenvalue weighted by Crippen LogP contribution is -2.43. The Morgan fingerprint density at radius 3 is 2.63 bits per heavy atom. The average Bonchev–Trinajstić information content (AvgIpc) is 2.74. The molecule has 1 atom stereocenters. The van der Waals surface area contributed by atoms with Gasteiger partial charge in [-0.1, -0.05) is 23.7 Å². The third-order valence-electron chi connectivity index (χ3n) is 5.09. The third-order valence-corrected chi connectivity index (χ3v) is 6.74. The first-order valence-corrected chi connectivity index (χ1v) is 11.4. The first-order valence-electron chi connectivity index (χ1n) is 9.53. The summed E-state index contributed by atoms with van der Waals surface area (Å²) in [6.07, 6.45) is 0. The van der Waals surface area contributed by atoms with Gasteiger partial charge in [0.15, 0.2) is 0 Å². The lowest BCUT2D eigenvalue weighted by atomic mass is 10.1. The SMILES string of the molecule is O=c1ccc2cc(S(=O)(=O)NCC(c3cccc(Cl)c3)N3CCOCC3)ccc2o1. The molecule has 1 aromatic heterocycles. The highest BCUT2D eigenvalue weighted by atomic mass is 35.5. The summed E-state index contributed by atoms with van der Waals surface area (Å²) in [5.41, 5.74) is 0.796. The van der Waals surface area contributed by atoms with Crippen LogP contribution in [0, 0.1) is 0 Å². The largest absolute Gasteiger partial charge is 0.423 e. The molecule has 0 bridgehead atoms. The van der Waals surface area contributed by atoms with Crippen molar-refractivity contribution < 1.29 is 17.6 Å². The summed E-state index contributed by atoms with van der Waals surface area (Å²) < 4.78 is 39.1. The van der Waals surface area contributed by atoms with E-state index in [-0.39, 0.29) is 17.5 Å². The van der Waals surface area contributed by atoms with Gasteiger partial charge in [-0.3, -0.25) is 4.90 Å². The molecule has 1 aliphatic rings. The molecular formula is C21H21ClN2O5S. The molecule has 158 valence electrons. The highest BCUT2D eigenvalue weighted by molar-refractivity contribution is 7.89. The molecule has 0 spiro atoms. The number of benzene rings is 2. The molecule has 0 amide bonds. The molecule has 4 rings (SSSR count). The minimum Gasteiger partial charge on any atom is -0.423 e. The van der Waals surface area contributed by atoms with Crippen LogP contribution in [0.1, 0.15) is 11.6 Å². The molecule has 2 heterocycles. The number of hydrogen-bond donors (Lipinski definition) is 1. The molecule has 9 heteroatoms. The number of nitrogens with zero attached hydrogens (tertiary/aromatic N) is 1. The lowest BCUT2D eigenvalue weighted by Gasteiger charge is -2.35. The van der Waals surface area contributed by atoms with E-state index in [1.165, 1.54) is 24.3 Å². The number of morpholine rings is 1. The summed E-state index contributed by atoms with van der Waals surface area (Å²) in [5, 5.41) is 1.14. The molecule has 30 heavy (non-hydrogen) atoms. The molecule has 0 radical (unpaired) electrons. The summed E-state index contributed by atoms with van der Waals surface area (Å²) in [4.78, 5) is 13.6. The summed E-state index contributed by atoms with van der Waals surface area (Å²) in [6, 6.07) is 14.5. The van der Waals surface area contributed by atoms with Gasteiger partial charge < -0.3 is 9.15 Å². The molecule has 2 aromatic carbocycles. The van der Waals surface area contributed by atoms with E-state index in [0.29, 0.717) is 42.3 Å². The number of hydrogen-bond acceptors (Lipinski definition) is 6. The maximum Gasteiger partial charge on any atom is 0.336 e. The maximum atomic E-state index is 13.0. The van der Waals surface area contributed by atoms with Gasteiger partial charge in [0.1, 0.15) is 5.58 Å². The van der Waals surface area contributed by atoms with Crippen LogP contribution < -0.4 is 10.3 Å². The van der Waals surface area contributed by atoms with E-state index in [9.17, 15) is 13.2 Å². The Labute approximate surface area is 179 Å². The van der Waals surface area contributed by atoms with Crippen LogP contribution in [0.2, 0.25) is 5.02 Å². The predicted octanol–water partition coefficient (Wildman–Crippen LogP) is 2.80. The highest BCUT2D eigenvalue weighted by Crippen LogP contribution is 2.25. The summed E-state index contributed by atoms with van der Waals surface area (Å²) in [5.74, 6) is 0. The van der Waals surface area contributed by atoms with Crippen molar-refractivity contribution in [3.63, 3.8) is 0 Å². The van der Waals surface area contributed by atoms with Gasteiger partial charge in [-0.05, 0) is 42.0 Å². The normalized spacial score (nSPS) is 16.6. The second-order valence-electron chi connectivity index (χ2n) is 7.03. The number of fused-ring (bicyclic) bond motifs is 1. The number of rotatable bonds is 6. The van der Waals surface area contributed by atoms with Gasteiger partial charge in [-0.2, -0.15) is 0 Å². The van der Waals surface area contributed by atoms with E-state index < -0.39 is 15.6 Å². The molecule has 1 N–H and O–H groups in total. The standard InChI is InChI=1S/C21H21ClN2O5S/c22-17-3-1-2-15(12-17)19(24-8-10-28-11-9-24)14-23-30(26,27)18-5-6-20-16(13-18)4-7-21(25)29-20/h1-7,12-13,19,23H,8-11,14H2. The fraction of sp³-hybridized carbons (Fsp3) is 0.286. The lowest BCUT2D eigenvalue weighted by molar-refractivity contribution is 0.0172. The summed E-state index contributed by atoms with van der Waals surface area (Å²) in [6.45, 7) is 2.78. The van der Waals surface area contributed by atoms with Gasteiger partial charge in [0.25, 0.3) is 0 Å². The van der Waals surface area contributed by atoms with E-state index in [1.807, 2.05) is 18.2 Å². The molecule has 0 aliphatic carbocycles. The molecule has 7 nitrogen and oxygen atoms in total. The molecule has 1 unspecified atom stereocenters. The van der Waals surface area contributed by atoms with Gasteiger partial charge in [0, 0.05) is 42.2 Å². The van der Waals surface area contributed by atoms with Crippen LogP contribution in [-0.4, -0.2) is 46.2 Å². The Morgan fingerprint density at radius 2 is 1.87 bits per heavy atom. The zero-order valence-corrected chi connectivity index (χ0v) is 17.7. The number of halogens is 1. The van der Waals surface area contributed by atoms with Crippen molar-refractivity contribution in [3.05, 3.63) is 75.6 Å². The van der Waals surface area contributed by atoms with E-state index >= 15 is 0 Å². The van der Waals surface area contributed by atoms with Gasteiger partial charge in [0.2, 0.25) is 10.0 Å². The van der Waals surface area contributed by atoms with Crippen molar-refractivity contribution in [2.45, 2.75) is 10.9 Å². The van der Waals surface area contributed by atoms with Crippen LogP contribution >= 0.6 is 11.6 Å². The van der Waals surface area contributed by atoms with Crippen LogP contribution in [0.15, 0.2) is 68.7 Å². The molecule has 1 fully saturated rings. The fourth-order valence-electron chi connectivity index (χ4n) is 3.55. The average molecular weight is 449 g/mol. The predicted molar refractivity (Wildman–Crippen MR) is 114 cm³/mol. The molecular weight excluding hydrogens is 428 g/mol. The first-order chi connectivity index (χ1) is 14.4. The van der Waals surface area contributed by atoms with E-state index in [0.717, 1.165) is 5.56 Å². The fourth-order valence-corrected chi connectivity index (χ4v) is 4.82. The molecule has 0 saturated carbocycles. The maximum absolute atomic E-state index is 13.0. The van der Waals surface area contributed by atoms with Crippen LogP contribution in [0.4, 0.5) is 0 Å². The van der Waals surface area contributed by atoms with Crippen molar-refractivity contribution in [1.82, 2.24) is 9.62 Å². The topological polar surface area (TPSA) is 88.9 Å². The van der Waals surface area contributed by atoms with Crippen molar-refractivity contribution in [3.8, 4) is 0 Å². The quantitative estimate of drug-likeness (QED) is 0.583. The zero-order valence-electron chi connectivity index (χ0n) is 16.1. The van der Waals surface area contributed by atoms with E-state index in [4.69, 9.17) is 20.8 Å². The smallest absolute Gasteiger partial charge is 0.336 e. The van der Waals surface area contributed by atoms with E-state index in [2.05, 4.69) is 9.62 Å². The second kappa shape index (κ2) is 8.87. The third kappa shape index (κ3) is 4.74. The molecule has 3 aromatic rings. The number of sulfonamides is 1. The Bertz CT molecular complexity index is 1210. The van der Waals surface area contributed by atoms with E-state index in [1.54, 1.807) is 12.1 Å². The Morgan fingerprint density at radius 1 is 1.07 bits per heavy atom. The van der Waals surface area contributed by atoms with Crippen molar-refractivity contribution in [1.29, 1.82) is 0 Å². The zero-order chi connectivity index (χ0) is 21.1. The Balaban J connectivity index is 1.58. The van der Waals surface area contributed by atoms with Crippen LogP contribution in [-0.2, 0) is 14.8 Å². The van der Waals surface area contributed by atoms with Gasteiger partial charge >= 0.3 is 5.63 Å². The van der Waals surface area contributed by atoms with Crippen molar-refractivity contribution in [2.75, 3.05) is 32.8 Å². The van der Waals surface area contributed by atoms with Crippen molar-refractivity contribution in [2.24, 2.45) is 0 Å². The van der Waals surface area contributed by atoms with Crippen LogP contribution in [0.25, 0.3) is 11.0 Å². The van der Waals surface area contributed by atoms with Gasteiger partial charge in [-0.15, -0.1) is 0 Å². The number of nitrogens with one attached hydrogen (secondary N) is 1. The summed E-state index contributed by atoms with van der Waals surface area (Å²) >= 11 is 6.17. The van der Waals surface area contributed by atoms with Crippen LogP contribution in [0.3, 0.4) is 0 Å². The minimum absolute atomic E-state index is 0.107. The second-order valence-corrected chi connectivity index (χ2v) is 9.23. The van der Waals surface area contributed by atoms with Crippen LogP contribution in [0.5, 0.6) is 0 Å². The van der Waals surface area contributed by atoms with Crippen molar-refractivity contribution >= 4 is 32.6 Å².